The summed E-state index contributed by atoms with van der Waals surface area (Å²) in [5.41, 5.74) is 8.79. The maximum Gasteiger partial charge on any atom is 0.410 e. The summed E-state index contributed by atoms with van der Waals surface area (Å²) < 4.78 is 13.7. The molecule has 2 N–H and O–H groups in total. The van der Waals surface area contributed by atoms with Gasteiger partial charge in [0, 0.05) is 43.2 Å². The third-order valence-electron chi connectivity index (χ3n) is 9.71. The Labute approximate surface area is 264 Å². The number of carbonyl (C=O) groups excluding carboxylic acids is 1. The fraction of sp³-hybridized carbons (Fsp3) is 0.486. The molecule has 1 amide bonds. The molecule has 236 valence electrons. The number of para-hydroxylation sites is 1. The second kappa shape index (κ2) is 11.6. The van der Waals surface area contributed by atoms with E-state index >= 15 is 0 Å². The number of amides is 1. The zero-order chi connectivity index (χ0) is 31.2. The van der Waals surface area contributed by atoms with Gasteiger partial charge in [-0.3, -0.25) is 0 Å². The Morgan fingerprint density at radius 2 is 1.56 bits per heavy atom. The summed E-state index contributed by atoms with van der Waals surface area (Å²) in [5, 5.41) is 5.91. The van der Waals surface area contributed by atoms with Crippen LogP contribution in [0, 0.1) is 5.41 Å². The van der Waals surface area contributed by atoms with Gasteiger partial charge in [-0.05, 0) is 95.7 Å². The minimum atomic E-state index is -0.448. The molecular formula is C35H43N7O3. The smallest absolute Gasteiger partial charge is 0.410 e. The summed E-state index contributed by atoms with van der Waals surface area (Å²) in [5.74, 6) is 2.00. The Kier molecular flexibility index (Phi) is 7.63. The van der Waals surface area contributed by atoms with E-state index in [9.17, 15) is 4.79 Å². The van der Waals surface area contributed by atoms with Crippen LogP contribution < -0.4 is 10.5 Å². The molecule has 1 spiro atoms. The van der Waals surface area contributed by atoms with Crippen molar-refractivity contribution in [1.82, 2.24) is 29.5 Å². The molecule has 10 nitrogen and oxygen atoms in total. The van der Waals surface area contributed by atoms with Gasteiger partial charge in [0.05, 0.1) is 11.4 Å². The average molecular weight is 610 g/mol. The summed E-state index contributed by atoms with van der Waals surface area (Å²) in [4.78, 5) is 26.0. The van der Waals surface area contributed by atoms with Crippen molar-refractivity contribution >= 4 is 22.9 Å². The number of piperidine rings is 1. The number of carbonyl (C=O) groups is 1. The minimum absolute atomic E-state index is 0.173. The van der Waals surface area contributed by atoms with E-state index in [1.54, 1.807) is 0 Å². The quantitative estimate of drug-likeness (QED) is 0.267. The third-order valence-corrected chi connectivity index (χ3v) is 9.71. The first-order valence-electron chi connectivity index (χ1n) is 16.2. The monoisotopic (exact) mass is 609 g/mol. The lowest BCUT2D eigenvalue weighted by atomic mass is 9.67. The van der Waals surface area contributed by atoms with Gasteiger partial charge >= 0.3 is 6.09 Å². The standard InChI is InChI=1S/C35H43N7O3/c1-34(2,3)45-33(43)41-21-35(22-41)17-13-25(14-18-35)40-19-15-26(16-20-40)42-32-29(31(36)37-23-38-32)30(39-42)24-9-11-28(12-10-24)44-27-7-5-4-6-8-27/h4-12,23,25-26H,13-22H2,1-3H3,(H2,36,37,38). The SMILES string of the molecule is CC(C)(C)OC(=O)N1CC2(CCC(N3CCC(n4nc(-c5ccc(Oc6ccccc6)cc5)c5c(N)ncnc54)CC3)CC2)C1. The number of benzene rings is 2. The van der Waals surface area contributed by atoms with Crippen molar-refractivity contribution in [3.63, 3.8) is 0 Å². The Balaban J connectivity index is 0.987. The highest BCUT2D eigenvalue weighted by Crippen LogP contribution is 2.46. The number of hydrogen-bond donors (Lipinski definition) is 1. The highest BCUT2D eigenvalue weighted by Gasteiger charge is 2.48. The van der Waals surface area contributed by atoms with Crippen LogP contribution in [0.1, 0.15) is 65.3 Å². The molecule has 2 saturated heterocycles. The highest BCUT2D eigenvalue weighted by atomic mass is 16.6. The van der Waals surface area contributed by atoms with Crippen LogP contribution in [0.3, 0.4) is 0 Å². The molecule has 0 radical (unpaired) electrons. The van der Waals surface area contributed by atoms with Crippen molar-refractivity contribution in [3.8, 4) is 22.8 Å². The van der Waals surface area contributed by atoms with Crippen LogP contribution in [0.2, 0.25) is 0 Å². The molecule has 7 rings (SSSR count). The summed E-state index contributed by atoms with van der Waals surface area (Å²) in [6, 6.07) is 18.6. The Morgan fingerprint density at radius 1 is 0.889 bits per heavy atom. The molecular weight excluding hydrogens is 566 g/mol. The van der Waals surface area contributed by atoms with E-state index in [1.807, 2.05) is 80.3 Å². The Hall–Kier alpha value is -4.18. The maximum atomic E-state index is 12.5. The molecule has 2 aromatic heterocycles. The molecule has 0 atom stereocenters. The van der Waals surface area contributed by atoms with Gasteiger partial charge in [-0.25, -0.2) is 19.4 Å². The van der Waals surface area contributed by atoms with Crippen LogP contribution in [0.5, 0.6) is 11.5 Å². The number of anilines is 1. The topological polar surface area (TPSA) is 112 Å². The van der Waals surface area contributed by atoms with Crippen LogP contribution in [0.4, 0.5) is 10.6 Å². The van der Waals surface area contributed by atoms with Crippen molar-refractivity contribution in [2.45, 2.75) is 77.0 Å². The lowest BCUT2D eigenvalue weighted by Crippen LogP contribution is -2.61. The third kappa shape index (κ3) is 6.08. The van der Waals surface area contributed by atoms with Crippen molar-refractivity contribution in [3.05, 3.63) is 60.9 Å². The van der Waals surface area contributed by atoms with Gasteiger partial charge in [0.1, 0.15) is 34.9 Å². The predicted molar refractivity (Wildman–Crippen MR) is 174 cm³/mol. The van der Waals surface area contributed by atoms with E-state index in [1.165, 1.54) is 32.0 Å². The fourth-order valence-corrected chi connectivity index (χ4v) is 7.37. The molecule has 2 aliphatic heterocycles. The Morgan fingerprint density at radius 3 is 2.22 bits per heavy atom. The molecule has 4 aromatic rings. The summed E-state index contributed by atoms with van der Waals surface area (Å²) in [6.45, 7) is 9.51. The van der Waals surface area contributed by atoms with E-state index in [0.29, 0.717) is 11.9 Å². The van der Waals surface area contributed by atoms with E-state index < -0.39 is 5.60 Å². The van der Waals surface area contributed by atoms with Gasteiger partial charge in [-0.2, -0.15) is 5.10 Å². The fourth-order valence-electron chi connectivity index (χ4n) is 7.37. The molecule has 0 bridgehead atoms. The minimum Gasteiger partial charge on any atom is -0.457 e. The number of hydrogen-bond acceptors (Lipinski definition) is 8. The van der Waals surface area contributed by atoms with E-state index in [2.05, 4.69) is 19.5 Å². The number of nitrogens with zero attached hydrogens (tertiary/aromatic N) is 6. The first-order valence-corrected chi connectivity index (χ1v) is 16.2. The molecule has 2 aromatic carbocycles. The van der Waals surface area contributed by atoms with Crippen molar-refractivity contribution in [2.24, 2.45) is 5.41 Å². The van der Waals surface area contributed by atoms with Crippen molar-refractivity contribution in [2.75, 3.05) is 31.9 Å². The molecule has 1 aliphatic carbocycles. The average Bonchev–Trinajstić information content (AvgIpc) is 3.41. The molecule has 1 saturated carbocycles. The van der Waals surface area contributed by atoms with Crippen LogP contribution in [0.15, 0.2) is 60.9 Å². The molecule has 4 heterocycles. The maximum absolute atomic E-state index is 12.5. The molecule has 45 heavy (non-hydrogen) atoms. The highest BCUT2D eigenvalue weighted by molar-refractivity contribution is 5.98. The first-order chi connectivity index (χ1) is 21.7. The number of nitrogen functional groups attached to an aromatic ring is 1. The normalized spacial score (nSPS) is 19.5. The van der Waals surface area contributed by atoms with Crippen LogP contribution in [-0.4, -0.2) is 73.5 Å². The second-order valence-corrected chi connectivity index (χ2v) is 14.0. The van der Waals surface area contributed by atoms with Crippen LogP contribution in [0.25, 0.3) is 22.3 Å². The summed E-state index contributed by atoms with van der Waals surface area (Å²) >= 11 is 0. The van der Waals surface area contributed by atoms with E-state index in [0.717, 1.165) is 72.8 Å². The number of likely N-dealkylation sites (tertiary alicyclic amines) is 2. The predicted octanol–water partition coefficient (Wildman–Crippen LogP) is 6.68. The van der Waals surface area contributed by atoms with Gasteiger partial charge < -0.3 is 25.0 Å². The Bertz CT molecular complexity index is 1640. The number of nitrogens with two attached hydrogens (primary N) is 1. The number of rotatable bonds is 5. The van der Waals surface area contributed by atoms with Gasteiger partial charge in [-0.1, -0.05) is 18.2 Å². The van der Waals surface area contributed by atoms with Gasteiger partial charge in [0.25, 0.3) is 0 Å². The molecule has 3 aliphatic rings. The zero-order valence-corrected chi connectivity index (χ0v) is 26.5. The van der Waals surface area contributed by atoms with Gasteiger partial charge in [-0.15, -0.1) is 0 Å². The largest absolute Gasteiger partial charge is 0.457 e. The van der Waals surface area contributed by atoms with Crippen molar-refractivity contribution in [1.29, 1.82) is 0 Å². The van der Waals surface area contributed by atoms with Gasteiger partial charge in [0.15, 0.2) is 5.65 Å². The van der Waals surface area contributed by atoms with Gasteiger partial charge in [0.2, 0.25) is 0 Å². The molecule has 10 heteroatoms. The summed E-state index contributed by atoms with van der Waals surface area (Å²) in [7, 11) is 0. The lowest BCUT2D eigenvalue weighted by molar-refractivity contribution is -0.0599. The number of fused-ring (bicyclic) bond motifs is 1. The zero-order valence-electron chi connectivity index (χ0n) is 26.5. The lowest BCUT2D eigenvalue weighted by Gasteiger charge is -2.54. The number of ether oxygens (including phenoxy) is 2. The number of aromatic nitrogens is 4. The van der Waals surface area contributed by atoms with Crippen molar-refractivity contribution < 1.29 is 14.3 Å². The summed E-state index contributed by atoms with van der Waals surface area (Å²) in [6.07, 6.45) is 8.12. The second-order valence-electron chi connectivity index (χ2n) is 14.0. The first kappa shape index (κ1) is 29.5. The van der Waals surface area contributed by atoms with Crippen LogP contribution in [-0.2, 0) is 4.74 Å². The van der Waals surface area contributed by atoms with Crippen LogP contribution >= 0.6 is 0 Å². The molecule has 0 unspecified atom stereocenters. The van der Waals surface area contributed by atoms with E-state index in [4.69, 9.17) is 20.3 Å². The molecule has 3 fully saturated rings. The van der Waals surface area contributed by atoms with E-state index in [-0.39, 0.29) is 17.6 Å².